The van der Waals surface area contributed by atoms with E-state index in [1.54, 1.807) is 18.2 Å². The number of carbonyl (C=O) groups is 2. The highest BCUT2D eigenvalue weighted by Gasteiger charge is 2.30. The molecule has 6 nitrogen and oxygen atoms in total. The van der Waals surface area contributed by atoms with Crippen molar-refractivity contribution >= 4 is 34.8 Å². The Morgan fingerprint density at radius 2 is 2.10 bits per heavy atom. The lowest BCUT2D eigenvalue weighted by Crippen LogP contribution is -2.30. The van der Waals surface area contributed by atoms with Gasteiger partial charge >= 0.3 is 0 Å². The lowest BCUT2D eigenvalue weighted by Gasteiger charge is -2.15. The van der Waals surface area contributed by atoms with Crippen LogP contribution in [0.1, 0.15) is 19.8 Å². The summed E-state index contributed by atoms with van der Waals surface area (Å²) in [5.74, 6) is -0.493. The first-order chi connectivity index (χ1) is 9.99. The van der Waals surface area contributed by atoms with Gasteiger partial charge in [-0.2, -0.15) is 0 Å². The van der Waals surface area contributed by atoms with E-state index >= 15 is 0 Å². The highest BCUT2D eigenvalue weighted by atomic mass is 35.5. The highest BCUT2D eigenvalue weighted by Crippen LogP contribution is 2.27. The van der Waals surface area contributed by atoms with E-state index in [9.17, 15) is 9.59 Å². The Bertz CT molecular complexity index is 550. The summed E-state index contributed by atoms with van der Waals surface area (Å²) in [6.07, 6.45) is 0.824. The molecule has 21 heavy (non-hydrogen) atoms. The van der Waals surface area contributed by atoms with Gasteiger partial charge in [-0.05, 0) is 31.0 Å². The van der Waals surface area contributed by atoms with Gasteiger partial charge in [0, 0.05) is 18.5 Å². The molecule has 2 atom stereocenters. The minimum atomic E-state index is -0.514. The smallest absolute Gasteiger partial charge is 0.253 e. The molecule has 2 rings (SSSR count). The highest BCUT2D eigenvalue weighted by molar-refractivity contribution is 6.31. The molecule has 1 aromatic rings. The normalized spacial score (nSPS) is 21.1. The van der Waals surface area contributed by atoms with E-state index in [0.29, 0.717) is 29.4 Å². The van der Waals surface area contributed by atoms with Gasteiger partial charge in [-0.15, -0.1) is 0 Å². The zero-order valence-corrected chi connectivity index (χ0v) is 12.4. The molecular formula is C14H18ClN3O3. The lowest BCUT2D eigenvalue weighted by atomic mass is 10.2. The molecule has 1 aliphatic heterocycles. The first-order valence-corrected chi connectivity index (χ1v) is 7.11. The number of benzene rings is 1. The lowest BCUT2D eigenvalue weighted by molar-refractivity contribution is -0.126. The van der Waals surface area contributed by atoms with Crippen molar-refractivity contribution in [2.75, 3.05) is 17.2 Å². The molecule has 2 amide bonds. The summed E-state index contributed by atoms with van der Waals surface area (Å²) in [6.45, 7) is 1.79. The molecule has 1 saturated heterocycles. The van der Waals surface area contributed by atoms with Crippen LogP contribution in [0.2, 0.25) is 5.02 Å². The molecule has 0 saturated carbocycles. The van der Waals surface area contributed by atoms with Crippen LogP contribution in [0.3, 0.4) is 0 Å². The van der Waals surface area contributed by atoms with Crippen LogP contribution in [0.25, 0.3) is 0 Å². The van der Waals surface area contributed by atoms with Gasteiger partial charge in [-0.3, -0.25) is 9.59 Å². The Kier molecular flexibility index (Phi) is 5.17. The second kappa shape index (κ2) is 6.89. The Morgan fingerprint density at radius 1 is 1.33 bits per heavy atom. The first kappa shape index (κ1) is 15.8. The van der Waals surface area contributed by atoms with Crippen LogP contribution >= 0.6 is 11.6 Å². The molecule has 1 heterocycles. The fourth-order valence-electron chi connectivity index (χ4n) is 2.20. The van der Waals surface area contributed by atoms with Crippen molar-refractivity contribution in [3.05, 3.63) is 23.2 Å². The number of anilines is 2. The largest absolute Gasteiger partial charge is 0.364 e. The maximum Gasteiger partial charge on any atom is 0.253 e. The molecule has 0 aromatic heterocycles. The van der Waals surface area contributed by atoms with E-state index in [1.165, 1.54) is 6.92 Å². The minimum Gasteiger partial charge on any atom is -0.364 e. The number of nitrogens with two attached hydrogens (primary N) is 1. The van der Waals surface area contributed by atoms with Gasteiger partial charge in [0.25, 0.3) is 5.91 Å². The molecular weight excluding hydrogens is 294 g/mol. The molecule has 0 spiro atoms. The third-order valence-electron chi connectivity index (χ3n) is 3.21. The molecule has 1 fully saturated rings. The van der Waals surface area contributed by atoms with E-state index in [0.717, 1.165) is 6.42 Å². The standard InChI is InChI=1S/C14H18ClN3O3/c1-8(19)17-12-6-9(15)2-4-11(12)18-14(20)13-5-3-10(7-16)21-13/h2,4,6,10,13H,3,5,7,16H2,1H3,(H,17,19)(H,18,20)/t10-,13+/m1/s1. The molecule has 1 aromatic carbocycles. The van der Waals surface area contributed by atoms with Crippen LogP contribution in [0.5, 0.6) is 0 Å². The van der Waals surface area contributed by atoms with E-state index in [-0.39, 0.29) is 17.9 Å². The van der Waals surface area contributed by atoms with E-state index in [2.05, 4.69) is 10.6 Å². The summed E-state index contributed by atoms with van der Waals surface area (Å²) in [7, 11) is 0. The summed E-state index contributed by atoms with van der Waals surface area (Å²) in [5.41, 5.74) is 6.47. The Labute approximate surface area is 128 Å². The summed E-state index contributed by atoms with van der Waals surface area (Å²) in [5, 5.41) is 5.85. The van der Waals surface area contributed by atoms with Crippen molar-refractivity contribution < 1.29 is 14.3 Å². The SMILES string of the molecule is CC(=O)Nc1cc(Cl)ccc1NC(=O)[C@@H]1CC[C@H](CN)O1. The predicted octanol–water partition coefficient (Wildman–Crippen LogP) is 1.74. The van der Waals surface area contributed by atoms with Crippen LogP contribution in [0.4, 0.5) is 11.4 Å². The Morgan fingerprint density at radius 3 is 2.71 bits per heavy atom. The number of rotatable bonds is 4. The van der Waals surface area contributed by atoms with Crippen LogP contribution in [-0.2, 0) is 14.3 Å². The quantitative estimate of drug-likeness (QED) is 0.789. The maximum atomic E-state index is 12.2. The van der Waals surface area contributed by atoms with Crippen molar-refractivity contribution in [2.24, 2.45) is 5.73 Å². The van der Waals surface area contributed by atoms with Gasteiger partial charge in [-0.25, -0.2) is 0 Å². The van der Waals surface area contributed by atoms with Crippen molar-refractivity contribution in [1.29, 1.82) is 0 Å². The number of nitrogens with one attached hydrogen (secondary N) is 2. The Balaban J connectivity index is 2.08. The van der Waals surface area contributed by atoms with Gasteiger partial charge in [0.1, 0.15) is 6.10 Å². The molecule has 7 heteroatoms. The van der Waals surface area contributed by atoms with Gasteiger partial charge in [0.05, 0.1) is 17.5 Å². The second-order valence-corrected chi connectivity index (χ2v) is 5.36. The molecule has 0 aliphatic carbocycles. The topological polar surface area (TPSA) is 93.5 Å². The summed E-state index contributed by atoms with van der Waals surface area (Å²) < 4.78 is 5.54. The minimum absolute atomic E-state index is 0.0687. The maximum absolute atomic E-state index is 12.2. The van der Waals surface area contributed by atoms with Crippen molar-refractivity contribution in [3.63, 3.8) is 0 Å². The number of hydrogen-bond acceptors (Lipinski definition) is 4. The summed E-state index contributed by atoms with van der Waals surface area (Å²) >= 11 is 5.90. The fourth-order valence-corrected chi connectivity index (χ4v) is 2.38. The fraction of sp³-hybridized carbons (Fsp3) is 0.429. The van der Waals surface area contributed by atoms with Crippen molar-refractivity contribution in [1.82, 2.24) is 0 Å². The van der Waals surface area contributed by atoms with Gasteiger partial charge in [-0.1, -0.05) is 11.6 Å². The van der Waals surface area contributed by atoms with Crippen LogP contribution in [0, 0.1) is 0 Å². The molecule has 4 N–H and O–H groups in total. The second-order valence-electron chi connectivity index (χ2n) is 4.92. The van der Waals surface area contributed by atoms with Crippen LogP contribution in [0.15, 0.2) is 18.2 Å². The average Bonchev–Trinajstić information content (AvgIpc) is 2.90. The number of amides is 2. The van der Waals surface area contributed by atoms with Gasteiger partial charge in [0.15, 0.2) is 0 Å². The number of carbonyl (C=O) groups excluding carboxylic acids is 2. The Hall–Kier alpha value is -1.63. The summed E-state index contributed by atoms with van der Waals surface area (Å²) in [4.78, 5) is 23.4. The first-order valence-electron chi connectivity index (χ1n) is 6.73. The molecule has 0 radical (unpaired) electrons. The average molecular weight is 312 g/mol. The third-order valence-corrected chi connectivity index (χ3v) is 3.45. The monoisotopic (exact) mass is 311 g/mol. The predicted molar refractivity (Wildman–Crippen MR) is 81.3 cm³/mol. The van der Waals surface area contributed by atoms with Crippen LogP contribution < -0.4 is 16.4 Å². The zero-order chi connectivity index (χ0) is 15.4. The molecule has 1 aliphatic rings. The van der Waals surface area contributed by atoms with Crippen molar-refractivity contribution in [3.8, 4) is 0 Å². The number of hydrogen-bond donors (Lipinski definition) is 3. The van der Waals surface area contributed by atoms with E-state index in [4.69, 9.17) is 22.1 Å². The molecule has 0 bridgehead atoms. The van der Waals surface area contributed by atoms with Crippen molar-refractivity contribution in [2.45, 2.75) is 32.0 Å². The molecule has 114 valence electrons. The third kappa shape index (κ3) is 4.17. The number of ether oxygens (including phenoxy) is 1. The zero-order valence-electron chi connectivity index (χ0n) is 11.7. The molecule has 0 unspecified atom stereocenters. The number of halogens is 1. The van der Waals surface area contributed by atoms with Crippen LogP contribution in [-0.4, -0.2) is 30.6 Å². The van der Waals surface area contributed by atoms with Gasteiger partial charge < -0.3 is 21.1 Å². The van der Waals surface area contributed by atoms with E-state index in [1.807, 2.05) is 0 Å². The summed E-state index contributed by atoms with van der Waals surface area (Å²) in [6, 6.07) is 4.86. The van der Waals surface area contributed by atoms with E-state index < -0.39 is 6.10 Å². The van der Waals surface area contributed by atoms with Gasteiger partial charge in [0.2, 0.25) is 5.91 Å².